The molecule has 1 aliphatic heterocycles. The third-order valence-electron chi connectivity index (χ3n) is 5.02. The average molecular weight is 482 g/mol. The summed E-state index contributed by atoms with van der Waals surface area (Å²) in [6.07, 6.45) is -4.80. The molecule has 1 aliphatic rings. The van der Waals surface area contributed by atoms with E-state index in [0.717, 1.165) is 12.1 Å². The summed E-state index contributed by atoms with van der Waals surface area (Å²) < 4.78 is 45.6. The molecule has 0 aromatic heterocycles. The second-order valence-corrected chi connectivity index (χ2v) is 7.33. The number of nitro groups is 1. The highest BCUT2D eigenvalue weighted by Crippen LogP contribution is 2.26. The van der Waals surface area contributed by atoms with Gasteiger partial charge in [-0.15, -0.1) is 13.2 Å². The zero-order valence-corrected chi connectivity index (χ0v) is 18.0. The monoisotopic (exact) mass is 482 g/mol. The zero-order chi connectivity index (χ0) is 24.9. The van der Waals surface area contributed by atoms with E-state index >= 15 is 0 Å². The molecule has 1 fully saturated rings. The molecule has 0 aliphatic carbocycles. The maximum absolute atomic E-state index is 12.9. The van der Waals surface area contributed by atoms with Gasteiger partial charge >= 0.3 is 6.36 Å². The molecule has 1 heterocycles. The Hall–Kier alpha value is -3.87. The molecule has 0 radical (unpaired) electrons. The third kappa shape index (κ3) is 6.57. The quantitative estimate of drug-likeness (QED) is 0.477. The number of alkyl halides is 3. The molecule has 10 nitrogen and oxygen atoms in total. The number of ether oxygens (including phenoxy) is 2. The summed E-state index contributed by atoms with van der Waals surface area (Å²) in [4.78, 5) is 39.0. The van der Waals surface area contributed by atoms with Gasteiger partial charge in [-0.05, 0) is 30.3 Å². The number of benzene rings is 2. The maximum atomic E-state index is 12.9. The standard InChI is InChI=1S/C21H21F3N4O6/c1-33-18-7-4-15(28(31)32)12-17(18)20(30)27-10-8-26(9-11-27)13-19(29)25-14-2-5-16(6-3-14)34-21(22,23)24/h2-7,12H,8-11,13H2,1H3,(H,25,29). The van der Waals surface area contributed by atoms with Crippen LogP contribution in [0, 0.1) is 10.1 Å². The Morgan fingerprint density at radius 2 is 1.74 bits per heavy atom. The predicted octanol–water partition coefficient (Wildman–Crippen LogP) is 2.90. The molecule has 0 spiro atoms. The Morgan fingerprint density at radius 1 is 1.09 bits per heavy atom. The Bertz CT molecular complexity index is 1050. The van der Waals surface area contributed by atoms with Gasteiger partial charge in [-0.3, -0.25) is 24.6 Å². The average Bonchev–Trinajstić information content (AvgIpc) is 2.79. The van der Waals surface area contributed by atoms with Crippen LogP contribution in [0.1, 0.15) is 10.4 Å². The predicted molar refractivity (Wildman–Crippen MR) is 114 cm³/mol. The van der Waals surface area contributed by atoms with Crippen molar-refractivity contribution in [3.8, 4) is 11.5 Å². The van der Waals surface area contributed by atoms with Crippen molar-refractivity contribution in [1.82, 2.24) is 9.80 Å². The van der Waals surface area contributed by atoms with Gasteiger partial charge in [-0.1, -0.05) is 0 Å². The Morgan fingerprint density at radius 3 is 2.29 bits per heavy atom. The van der Waals surface area contributed by atoms with E-state index in [9.17, 15) is 32.9 Å². The van der Waals surface area contributed by atoms with Crippen LogP contribution in [0.4, 0.5) is 24.5 Å². The minimum atomic E-state index is -4.80. The number of halogens is 3. The van der Waals surface area contributed by atoms with Crippen LogP contribution in [-0.2, 0) is 4.79 Å². The van der Waals surface area contributed by atoms with Crippen molar-refractivity contribution in [3.05, 3.63) is 58.1 Å². The van der Waals surface area contributed by atoms with Crippen LogP contribution in [0.5, 0.6) is 11.5 Å². The molecule has 2 aromatic carbocycles. The highest BCUT2D eigenvalue weighted by molar-refractivity contribution is 5.97. The molecule has 0 saturated carbocycles. The van der Waals surface area contributed by atoms with E-state index in [1.807, 2.05) is 4.90 Å². The van der Waals surface area contributed by atoms with Gasteiger partial charge in [0.1, 0.15) is 11.5 Å². The summed E-state index contributed by atoms with van der Waals surface area (Å²) in [7, 11) is 1.37. The van der Waals surface area contributed by atoms with Crippen LogP contribution < -0.4 is 14.8 Å². The molecule has 1 N–H and O–H groups in total. The fraction of sp³-hybridized carbons (Fsp3) is 0.333. The van der Waals surface area contributed by atoms with Crippen LogP contribution in [0.3, 0.4) is 0 Å². The summed E-state index contributed by atoms with van der Waals surface area (Å²) in [6.45, 7) is 1.37. The summed E-state index contributed by atoms with van der Waals surface area (Å²) in [6, 6.07) is 8.57. The van der Waals surface area contributed by atoms with Gasteiger partial charge in [0.2, 0.25) is 5.91 Å². The molecular formula is C21H21F3N4O6. The van der Waals surface area contributed by atoms with E-state index in [2.05, 4.69) is 10.1 Å². The first-order valence-electron chi connectivity index (χ1n) is 10.1. The molecule has 13 heteroatoms. The Balaban J connectivity index is 1.52. The smallest absolute Gasteiger partial charge is 0.496 e. The molecule has 0 bridgehead atoms. The SMILES string of the molecule is COc1ccc([N+](=O)[O-])cc1C(=O)N1CCN(CC(=O)Nc2ccc(OC(F)(F)F)cc2)CC1. The molecule has 34 heavy (non-hydrogen) atoms. The molecule has 0 atom stereocenters. The first-order valence-corrected chi connectivity index (χ1v) is 10.1. The topological polar surface area (TPSA) is 114 Å². The largest absolute Gasteiger partial charge is 0.573 e. The summed E-state index contributed by atoms with van der Waals surface area (Å²) in [5.41, 5.74) is 0.171. The van der Waals surface area contributed by atoms with E-state index < -0.39 is 22.9 Å². The number of nitrogens with zero attached hydrogens (tertiary/aromatic N) is 3. The number of piperazine rings is 1. The highest BCUT2D eigenvalue weighted by Gasteiger charge is 2.31. The number of rotatable bonds is 7. The van der Waals surface area contributed by atoms with Crippen LogP contribution in [0.15, 0.2) is 42.5 Å². The van der Waals surface area contributed by atoms with Gasteiger partial charge in [0.15, 0.2) is 0 Å². The van der Waals surface area contributed by atoms with Crippen LogP contribution in [0.25, 0.3) is 0 Å². The zero-order valence-electron chi connectivity index (χ0n) is 18.0. The van der Waals surface area contributed by atoms with Gasteiger partial charge in [-0.25, -0.2) is 0 Å². The number of hydrogen-bond donors (Lipinski definition) is 1. The molecule has 0 unspecified atom stereocenters. The van der Waals surface area contributed by atoms with E-state index in [4.69, 9.17) is 4.74 Å². The molecule has 2 aromatic rings. The van der Waals surface area contributed by atoms with Crippen molar-refractivity contribution in [2.24, 2.45) is 0 Å². The van der Waals surface area contributed by atoms with E-state index in [1.54, 1.807) is 0 Å². The minimum absolute atomic E-state index is 0.0168. The lowest BCUT2D eigenvalue weighted by molar-refractivity contribution is -0.384. The van der Waals surface area contributed by atoms with E-state index in [0.29, 0.717) is 31.9 Å². The third-order valence-corrected chi connectivity index (χ3v) is 5.02. The van der Waals surface area contributed by atoms with Crippen molar-refractivity contribution in [2.45, 2.75) is 6.36 Å². The van der Waals surface area contributed by atoms with Crippen molar-refractivity contribution in [1.29, 1.82) is 0 Å². The second kappa shape index (κ2) is 10.4. The molecule has 3 rings (SSSR count). The van der Waals surface area contributed by atoms with E-state index in [-0.39, 0.29) is 29.5 Å². The minimum Gasteiger partial charge on any atom is -0.496 e. The number of nitrogens with one attached hydrogen (secondary N) is 1. The molecule has 1 saturated heterocycles. The van der Waals surface area contributed by atoms with Crippen LogP contribution in [-0.4, -0.2) is 72.7 Å². The van der Waals surface area contributed by atoms with Gasteiger partial charge < -0.3 is 19.7 Å². The fourth-order valence-electron chi connectivity index (χ4n) is 3.40. The van der Waals surface area contributed by atoms with Crippen molar-refractivity contribution >= 4 is 23.2 Å². The number of carbonyl (C=O) groups excluding carboxylic acids is 2. The number of carbonyl (C=O) groups is 2. The van der Waals surface area contributed by atoms with Gasteiger partial charge in [0.25, 0.3) is 11.6 Å². The maximum Gasteiger partial charge on any atom is 0.573 e. The van der Waals surface area contributed by atoms with Gasteiger partial charge in [0.05, 0.1) is 24.1 Å². The molecular weight excluding hydrogens is 461 g/mol. The second-order valence-electron chi connectivity index (χ2n) is 7.33. The van der Waals surface area contributed by atoms with Gasteiger partial charge in [0, 0.05) is 44.0 Å². The highest BCUT2D eigenvalue weighted by atomic mass is 19.4. The first kappa shape index (κ1) is 24.8. The lowest BCUT2D eigenvalue weighted by Gasteiger charge is -2.34. The van der Waals surface area contributed by atoms with Crippen LogP contribution >= 0.6 is 0 Å². The Labute approximate surface area is 192 Å². The summed E-state index contributed by atoms with van der Waals surface area (Å²) >= 11 is 0. The van der Waals surface area contributed by atoms with Crippen molar-refractivity contribution in [3.63, 3.8) is 0 Å². The molecule has 182 valence electrons. The van der Waals surface area contributed by atoms with Crippen LogP contribution in [0.2, 0.25) is 0 Å². The Kier molecular flexibility index (Phi) is 7.56. The lowest BCUT2D eigenvalue weighted by atomic mass is 10.1. The summed E-state index contributed by atoms with van der Waals surface area (Å²) in [5, 5.41) is 13.6. The normalized spacial score (nSPS) is 14.4. The van der Waals surface area contributed by atoms with E-state index in [1.165, 1.54) is 42.3 Å². The number of non-ortho nitro benzene ring substituents is 1. The lowest BCUT2D eigenvalue weighted by Crippen LogP contribution is -2.50. The fourth-order valence-corrected chi connectivity index (χ4v) is 3.40. The number of nitro benzene ring substituents is 1. The van der Waals surface area contributed by atoms with Gasteiger partial charge in [-0.2, -0.15) is 0 Å². The first-order chi connectivity index (χ1) is 16.1. The number of methoxy groups -OCH3 is 1. The summed E-state index contributed by atoms with van der Waals surface area (Å²) in [5.74, 6) is -0.953. The number of anilines is 1. The van der Waals surface area contributed by atoms with Crippen molar-refractivity contribution < 1.29 is 37.2 Å². The van der Waals surface area contributed by atoms with Crippen molar-refractivity contribution in [2.75, 3.05) is 45.2 Å². The molecule has 2 amide bonds. The number of hydrogen-bond acceptors (Lipinski definition) is 7. The number of amides is 2.